The van der Waals surface area contributed by atoms with E-state index in [9.17, 15) is 14.4 Å². The molecule has 1 aromatic carbocycles. The van der Waals surface area contributed by atoms with Gasteiger partial charge in [-0.25, -0.2) is 4.79 Å². The van der Waals surface area contributed by atoms with Crippen molar-refractivity contribution in [2.75, 3.05) is 12.4 Å². The summed E-state index contributed by atoms with van der Waals surface area (Å²) in [5, 5.41) is 5.26. The molecule has 1 heterocycles. The van der Waals surface area contributed by atoms with E-state index in [1.165, 1.54) is 38.5 Å². The maximum atomic E-state index is 12.1. The average molecular weight is 342 g/mol. The predicted octanol–water partition coefficient (Wildman–Crippen LogP) is 2.27. The quantitative estimate of drug-likeness (QED) is 0.620. The highest BCUT2D eigenvalue weighted by atomic mass is 16.5. The maximum Gasteiger partial charge on any atom is 0.337 e. The van der Waals surface area contributed by atoms with Crippen molar-refractivity contribution in [3.63, 3.8) is 0 Å². The van der Waals surface area contributed by atoms with Gasteiger partial charge in [0.1, 0.15) is 5.76 Å². The van der Waals surface area contributed by atoms with Gasteiger partial charge in [-0.3, -0.25) is 9.59 Å². The average Bonchev–Trinajstić information content (AvgIpc) is 3.13. The second-order valence-corrected chi connectivity index (χ2v) is 5.15. The Balaban J connectivity index is 1.90. The third-order valence-corrected chi connectivity index (χ3v) is 3.29. The molecule has 7 nitrogen and oxygen atoms in total. The van der Waals surface area contributed by atoms with E-state index >= 15 is 0 Å². The number of benzene rings is 1. The largest absolute Gasteiger partial charge is 0.467 e. The van der Waals surface area contributed by atoms with Gasteiger partial charge in [-0.2, -0.15) is 0 Å². The Morgan fingerprint density at radius 1 is 1.16 bits per heavy atom. The normalized spacial score (nSPS) is 10.9. The summed E-state index contributed by atoms with van der Waals surface area (Å²) in [6.45, 7) is 1.77. The van der Waals surface area contributed by atoms with Gasteiger partial charge in [0.25, 0.3) is 5.91 Å². The number of furan rings is 1. The van der Waals surface area contributed by atoms with Gasteiger partial charge in [-0.05, 0) is 43.3 Å². The van der Waals surface area contributed by atoms with Gasteiger partial charge in [-0.15, -0.1) is 0 Å². The van der Waals surface area contributed by atoms with Crippen molar-refractivity contribution in [1.29, 1.82) is 0 Å². The molecule has 25 heavy (non-hydrogen) atoms. The Bertz CT molecular complexity index is 776. The minimum absolute atomic E-state index is 0.242. The van der Waals surface area contributed by atoms with Crippen LogP contribution in [0.2, 0.25) is 0 Å². The molecule has 0 bridgehead atoms. The van der Waals surface area contributed by atoms with Crippen LogP contribution in [0.5, 0.6) is 0 Å². The summed E-state index contributed by atoms with van der Waals surface area (Å²) in [6, 6.07) is 9.69. The zero-order valence-electron chi connectivity index (χ0n) is 13.9. The lowest BCUT2D eigenvalue weighted by molar-refractivity contribution is -0.117. The summed E-state index contributed by atoms with van der Waals surface area (Å²) >= 11 is 0. The smallest absolute Gasteiger partial charge is 0.337 e. The van der Waals surface area contributed by atoms with Crippen LogP contribution in [0.3, 0.4) is 0 Å². The van der Waals surface area contributed by atoms with E-state index < -0.39 is 17.8 Å². The van der Waals surface area contributed by atoms with Crippen LogP contribution in [0.15, 0.2) is 58.7 Å². The molecule has 0 fully saturated rings. The van der Waals surface area contributed by atoms with Crippen molar-refractivity contribution in [3.8, 4) is 0 Å². The fourth-order valence-corrected chi connectivity index (χ4v) is 1.94. The van der Waals surface area contributed by atoms with Crippen LogP contribution in [-0.4, -0.2) is 24.9 Å². The molecule has 2 N–H and O–H groups in total. The molecule has 0 aliphatic rings. The number of hydrogen-bond acceptors (Lipinski definition) is 5. The van der Waals surface area contributed by atoms with Gasteiger partial charge in [0.15, 0.2) is 0 Å². The molecule has 0 saturated heterocycles. The molecule has 0 atom stereocenters. The Hall–Kier alpha value is -3.35. The Kier molecular flexibility index (Phi) is 6.11. The van der Waals surface area contributed by atoms with Crippen molar-refractivity contribution in [1.82, 2.24) is 5.32 Å². The van der Waals surface area contributed by atoms with E-state index in [4.69, 9.17) is 4.42 Å². The fraction of sp³-hybridized carbons (Fsp3) is 0.167. The van der Waals surface area contributed by atoms with Crippen LogP contribution in [0.25, 0.3) is 0 Å². The van der Waals surface area contributed by atoms with E-state index in [-0.39, 0.29) is 12.1 Å². The van der Waals surface area contributed by atoms with Gasteiger partial charge in [0, 0.05) is 17.3 Å². The number of anilines is 1. The summed E-state index contributed by atoms with van der Waals surface area (Å²) in [6.07, 6.45) is 2.72. The Morgan fingerprint density at radius 3 is 2.48 bits per heavy atom. The molecule has 7 heteroatoms. The molecule has 0 unspecified atom stereocenters. The van der Waals surface area contributed by atoms with E-state index in [1.54, 1.807) is 24.3 Å². The molecular formula is C18H18N2O5. The molecule has 2 rings (SSSR count). The fourth-order valence-electron chi connectivity index (χ4n) is 1.94. The SMILES string of the molecule is COC(=O)c1ccc(NC(=O)/C(C)=C/C(=O)NCc2ccco2)cc1. The number of nitrogens with one attached hydrogen (secondary N) is 2. The van der Waals surface area contributed by atoms with Crippen molar-refractivity contribution < 1.29 is 23.5 Å². The lowest BCUT2D eigenvalue weighted by atomic mass is 10.2. The second kappa shape index (κ2) is 8.49. The van der Waals surface area contributed by atoms with Crippen LogP contribution in [0, 0.1) is 0 Å². The number of carbonyl (C=O) groups is 3. The van der Waals surface area contributed by atoms with Gasteiger partial charge in [-0.1, -0.05) is 0 Å². The number of amides is 2. The summed E-state index contributed by atoms with van der Waals surface area (Å²) in [4.78, 5) is 35.2. The third kappa shape index (κ3) is 5.35. The highest BCUT2D eigenvalue weighted by molar-refractivity contribution is 6.07. The summed E-state index contributed by atoms with van der Waals surface area (Å²) in [5.41, 5.74) is 1.13. The molecular weight excluding hydrogens is 324 g/mol. The molecule has 2 amide bonds. The molecule has 0 saturated carbocycles. The number of carbonyl (C=O) groups excluding carboxylic acids is 3. The molecule has 2 aromatic rings. The van der Waals surface area contributed by atoms with E-state index in [0.29, 0.717) is 17.0 Å². The first-order valence-electron chi connectivity index (χ1n) is 7.48. The van der Waals surface area contributed by atoms with Gasteiger partial charge < -0.3 is 19.8 Å². The zero-order chi connectivity index (χ0) is 18.2. The number of ether oxygens (including phenoxy) is 1. The van der Waals surface area contributed by atoms with Crippen molar-refractivity contribution in [2.24, 2.45) is 0 Å². The zero-order valence-corrected chi connectivity index (χ0v) is 13.9. The molecule has 0 spiro atoms. The topological polar surface area (TPSA) is 97.6 Å². The minimum atomic E-state index is -0.456. The van der Waals surface area contributed by atoms with Gasteiger partial charge in [0.05, 0.1) is 25.5 Å². The van der Waals surface area contributed by atoms with Crippen LogP contribution in [0.1, 0.15) is 23.0 Å². The second-order valence-electron chi connectivity index (χ2n) is 5.15. The van der Waals surface area contributed by atoms with Crippen molar-refractivity contribution in [3.05, 3.63) is 65.6 Å². The molecule has 1 aromatic heterocycles. The summed E-state index contributed by atoms with van der Waals surface area (Å²) in [5.74, 6) is -0.652. The van der Waals surface area contributed by atoms with Crippen LogP contribution in [-0.2, 0) is 20.9 Å². The van der Waals surface area contributed by atoms with E-state index in [1.807, 2.05) is 0 Å². The lowest BCUT2D eigenvalue weighted by Gasteiger charge is -2.06. The summed E-state index contributed by atoms with van der Waals surface area (Å²) < 4.78 is 9.70. The number of methoxy groups -OCH3 is 1. The van der Waals surface area contributed by atoms with Crippen LogP contribution < -0.4 is 10.6 Å². The lowest BCUT2D eigenvalue weighted by Crippen LogP contribution is -2.22. The van der Waals surface area contributed by atoms with Crippen molar-refractivity contribution >= 4 is 23.5 Å². The number of rotatable bonds is 6. The minimum Gasteiger partial charge on any atom is -0.467 e. The first-order valence-corrected chi connectivity index (χ1v) is 7.48. The van der Waals surface area contributed by atoms with Crippen LogP contribution in [0.4, 0.5) is 5.69 Å². The molecule has 0 radical (unpaired) electrons. The van der Waals surface area contributed by atoms with Crippen LogP contribution >= 0.6 is 0 Å². The van der Waals surface area contributed by atoms with Crippen molar-refractivity contribution in [2.45, 2.75) is 13.5 Å². The number of hydrogen-bond donors (Lipinski definition) is 2. The number of esters is 1. The third-order valence-electron chi connectivity index (χ3n) is 3.29. The highest BCUT2D eigenvalue weighted by Crippen LogP contribution is 2.11. The maximum absolute atomic E-state index is 12.1. The standard InChI is InChI=1S/C18H18N2O5/c1-12(10-16(21)19-11-15-4-3-9-25-15)17(22)20-14-7-5-13(6-8-14)18(23)24-2/h3-10H,11H2,1-2H3,(H,19,21)(H,20,22)/b12-10+. The van der Waals surface area contributed by atoms with E-state index in [2.05, 4.69) is 15.4 Å². The van der Waals surface area contributed by atoms with Gasteiger partial charge in [0.2, 0.25) is 5.91 Å². The van der Waals surface area contributed by atoms with Gasteiger partial charge >= 0.3 is 5.97 Å². The van der Waals surface area contributed by atoms with E-state index in [0.717, 1.165) is 0 Å². The Labute approximate surface area is 144 Å². The molecule has 0 aliphatic heterocycles. The molecule has 130 valence electrons. The highest BCUT2D eigenvalue weighted by Gasteiger charge is 2.09. The Morgan fingerprint density at radius 2 is 1.88 bits per heavy atom. The first-order chi connectivity index (χ1) is 12.0. The summed E-state index contributed by atoms with van der Waals surface area (Å²) in [7, 11) is 1.29. The monoisotopic (exact) mass is 342 g/mol. The molecule has 0 aliphatic carbocycles. The first kappa shape index (κ1) is 18.0. The predicted molar refractivity (Wildman–Crippen MR) is 90.7 cm³/mol.